The minimum atomic E-state index is -3.68. The summed E-state index contributed by atoms with van der Waals surface area (Å²) in [6.45, 7) is 0. The average Bonchev–Trinajstić information content (AvgIpc) is 2.81. The molecule has 1 aliphatic rings. The van der Waals surface area contributed by atoms with Crippen molar-refractivity contribution in [3.63, 3.8) is 0 Å². The van der Waals surface area contributed by atoms with Gasteiger partial charge in [0.25, 0.3) is 0 Å². The van der Waals surface area contributed by atoms with Crippen LogP contribution in [0.15, 0.2) is 33.8 Å². The molecule has 1 heterocycles. The number of fused-ring (bicyclic) bond motifs is 1. The largest absolute Gasteiger partial charge is 0.272 e. The normalized spacial score (nSPS) is 18.2. The van der Waals surface area contributed by atoms with Crippen molar-refractivity contribution in [3.05, 3.63) is 45.1 Å². The molecule has 0 spiro atoms. The molecular weight excluding hydrogens is 390 g/mol. The Morgan fingerprint density at radius 2 is 2.23 bits per heavy atom. The van der Waals surface area contributed by atoms with Crippen LogP contribution in [0.5, 0.6) is 0 Å². The lowest BCUT2D eigenvalue weighted by Gasteiger charge is -2.23. The Kier molecular flexibility index (Phi) is 4.33. The first-order chi connectivity index (χ1) is 10.4. The van der Waals surface area contributed by atoms with E-state index < -0.39 is 10.0 Å². The molecule has 2 aromatic rings. The molecule has 0 aliphatic heterocycles. The fourth-order valence-electron chi connectivity index (χ4n) is 2.77. The predicted molar refractivity (Wildman–Crippen MR) is 88.4 cm³/mol. The standard InChI is InChI=1S/C14H15BrClN3O2S/c1-19-13-4-2-3-12(10(13)8-17-19)18-22(20,21)14-6-5-9(15)7-11(14)16/h5-8,12,18H,2-4H2,1H3. The minimum absolute atomic E-state index is 0.0911. The number of hydrogen-bond donors (Lipinski definition) is 1. The number of aryl methyl sites for hydroxylation is 1. The summed E-state index contributed by atoms with van der Waals surface area (Å²) < 4.78 is 30.5. The van der Waals surface area contributed by atoms with Crippen LogP contribution in [-0.2, 0) is 23.5 Å². The van der Waals surface area contributed by atoms with Crippen molar-refractivity contribution in [2.75, 3.05) is 0 Å². The molecule has 1 unspecified atom stereocenters. The lowest BCUT2D eigenvalue weighted by molar-refractivity contribution is 0.498. The van der Waals surface area contributed by atoms with E-state index in [-0.39, 0.29) is 16.0 Å². The van der Waals surface area contributed by atoms with Crippen LogP contribution in [0.3, 0.4) is 0 Å². The molecule has 5 nitrogen and oxygen atoms in total. The topological polar surface area (TPSA) is 64.0 Å². The van der Waals surface area contributed by atoms with Gasteiger partial charge in [-0.25, -0.2) is 13.1 Å². The van der Waals surface area contributed by atoms with Crippen molar-refractivity contribution in [2.24, 2.45) is 7.05 Å². The molecule has 22 heavy (non-hydrogen) atoms. The van der Waals surface area contributed by atoms with Gasteiger partial charge in [-0.3, -0.25) is 4.68 Å². The highest BCUT2D eigenvalue weighted by Crippen LogP contribution is 2.32. The van der Waals surface area contributed by atoms with E-state index in [1.165, 1.54) is 6.07 Å². The van der Waals surface area contributed by atoms with Gasteiger partial charge in [-0.05, 0) is 37.5 Å². The van der Waals surface area contributed by atoms with Gasteiger partial charge in [-0.1, -0.05) is 27.5 Å². The van der Waals surface area contributed by atoms with Gasteiger partial charge in [-0.2, -0.15) is 5.10 Å². The molecular formula is C14H15BrClN3O2S. The maximum atomic E-state index is 12.6. The van der Waals surface area contributed by atoms with Gasteiger partial charge in [0.1, 0.15) is 4.90 Å². The highest BCUT2D eigenvalue weighted by Gasteiger charge is 2.28. The van der Waals surface area contributed by atoms with Gasteiger partial charge in [0.05, 0.1) is 17.3 Å². The molecule has 1 aromatic carbocycles. The molecule has 1 aliphatic carbocycles. The van der Waals surface area contributed by atoms with Gasteiger partial charge < -0.3 is 0 Å². The number of benzene rings is 1. The van der Waals surface area contributed by atoms with Gasteiger partial charge in [0.2, 0.25) is 10.0 Å². The van der Waals surface area contributed by atoms with Crippen molar-refractivity contribution < 1.29 is 8.42 Å². The summed E-state index contributed by atoms with van der Waals surface area (Å²) >= 11 is 9.35. The van der Waals surface area contributed by atoms with Crippen molar-refractivity contribution in [3.8, 4) is 0 Å². The van der Waals surface area contributed by atoms with Crippen molar-refractivity contribution in [1.29, 1.82) is 0 Å². The van der Waals surface area contributed by atoms with Gasteiger partial charge in [0.15, 0.2) is 0 Å². The second-order valence-corrected chi connectivity index (χ2v) is 8.32. The lowest BCUT2D eigenvalue weighted by Crippen LogP contribution is -2.31. The van der Waals surface area contributed by atoms with Gasteiger partial charge >= 0.3 is 0 Å². The van der Waals surface area contributed by atoms with Crippen LogP contribution in [-0.4, -0.2) is 18.2 Å². The second-order valence-electron chi connectivity index (χ2n) is 5.31. The summed E-state index contributed by atoms with van der Waals surface area (Å²) in [5.74, 6) is 0. The fourth-order valence-corrected chi connectivity index (χ4v) is 5.06. The second kappa shape index (κ2) is 5.96. The van der Waals surface area contributed by atoms with Crippen LogP contribution in [0.25, 0.3) is 0 Å². The Bertz CT molecular complexity index is 819. The third-order valence-corrected chi connectivity index (χ3v) is 6.30. The first-order valence-electron chi connectivity index (χ1n) is 6.86. The molecule has 1 atom stereocenters. The molecule has 0 amide bonds. The lowest BCUT2D eigenvalue weighted by atomic mass is 9.94. The van der Waals surface area contributed by atoms with Crippen LogP contribution < -0.4 is 4.72 Å². The third kappa shape index (κ3) is 2.95. The summed E-state index contributed by atoms with van der Waals surface area (Å²) in [7, 11) is -1.80. The number of aromatic nitrogens is 2. The number of nitrogens with one attached hydrogen (secondary N) is 1. The molecule has 0 bridgehead atoms. The summed E-state index contributed by atoms with van der Waals surface area (Å²) in [5, 5.41) is 4.43. The van der Waals surface area contributed by atoms with E-state index in [1.807, 2.05) is 11.7 Å². The minimum Gasteiger partial charge on any atom is -0.272 e. The Balaban J connectivity index is 1.92. The highest BCUT2D eigenvalue weighted by molar-refractivity contribution is 9.10. The number of sulfonamides is 1. The Hall–Kier alpha value is -0.890. The molecule has 1 aromatic heterocycles. The predicted octanol–water partition coefficient (Wildman–Crippen LogP) is 3.19. The summed E-state index contributed by atoms with van der Waals surface area (Å²) in [6, 6.07) is 4.48. The monoisotopic (exact) mass is 403 g/mol. The maximum Gasteiger partial charge on any atom is 0.242 e. The quantitative estimate of drug-likeness (QED) is 0.854. The Morgan fingerprint density at radius 3 is 2.95 bits per heavy atom. The van der Waals surface area contributed by atoms with Gasteiger partial charge in [-0.15, -0.1) is 0 Å². The number of halogens is 2. The van der Waals surface area contributed by atoms with Crippen LogP contribution in [0.4, 0.5) is 0 Å². The first-order valence-corrected chi connectivity index (χ1v) is 9.52. The van der Waals surface area contributed by atoms with Crippen molar-refractivity contribution in [1.82, 2.24) is 14.5 Å². The molecule has 0 radical (unpaired) electrons. The van der Waals surface area contributed by atoms with E-state index in [4.69, 9.17) is 11.6 Å². The summed E-state index contributed by atoms with van der Waals surface area (Å²) in [5.41, 5.74) is 2.03. The van der Waals surface area contributed by atoms with E-state index in [0.29, 0.717) is 0 Å². The first kappa shape index (κ1) is 16.0. The van der Waals surface area contributed by atoms with E-state index in [2.05, 4.69) is 25.8 Å². The maximum absolute atomic E-state index is 12.6. The van der Waals surface area contributed by atoms with E-state index in [1.54, 1.807) is 18.3 Å². The number of hydrogen-bond acceptors (Lipinski definition) is 3. The average molecular weight is 405 g/mol. The van der Waals surface area contributed by atoms with E-state index >= 15 is 0 Å². The zero-order valence-electron chi connectivity index (χ0n) is 11.9. The molecule has 0 fully saturated rings. The molecule has 3 rings (SSSR count). The zero-order valence-corrected chi connectivity index (χ0v) is 15.0. The molecule has 118 valence electrons. The Labute approximate surface area is 142 Å². The van der Waals surface area contributed by atoms with E-state index in [9.17, 15) is 8.42 Å². The smallest absolute Gasteiger partial charge is 0.242 e. The molecule has 1 N–H and O–H groups in total. The number of nitrogens with zero attached hydrogens (tertiary/aromatic N) is 2. The van der Waals surface area contributed by atoms with Gasteiger partial charge in [0, 0.05) is 22.8 Å². The van der Waals surface area contributed by atoms with Crippen LogP contribution in [0, 0.1) is 0 Å². The number of rotatable bonds is 3. The SMILES string of the molecule is Cn1ncc2c1CCCC2NS(=O)(=O)c1ccc(Br)cc1Cl. The molecule has 8 heteroatoms. The molecule has 0 saturated heterocycles. The zero-order chi connectivity index (χ0) is 15.9. The van der Waals surface area contributed by atoms with Crippen LogP contribution in [0.2, 0.25) is 5.02 Å². The Morgan fingerprint density at radius 1 is 1.45 bits per heavy atom. The van der Waals surface area contributed by atoms with Crippen LogP contribution >= 0.6 is 27.5 Å². The van der Waals surface area contributed by atoms with Crippen molar-refractivity contribution in [2.45, 2.75) is 30.2 Å². The summed E-state index contributed by atoms with van der Waals surface area (Å²) in [4.78, 5) is 0.0911. The fraction of sp³-hybridized carbons (Fsp3) is 0.357. The summed E-state index contributed by atoms with van der Waals surface area (Å²) in [6.07, 6.45) is 4.34. The highest BCUT2D eigenvalue weighted by atomic mass is 79.9. The van der Waals surface area contributed by atoms with Crippen molar-refractivity contribution >= 4 is 37.6 Å². The molecule has 0 saturated carbocycles. The van der Waals surface area contributed by atoms with E-state index in [0.717, 1.165) is 35.0 Å². The third-order valence-electron chi connectivity index (χ3n) is 3.86. The van der Waals surface area contributed by atoms with Crippen LogP contribution in [0.1, 0.15) is 30.1 Å².